The van der Waals surface area contributed by atoms with E-state index in [9.17, 15) is 0 Å². The van der Waals surface area contributed by atoms with Crippen molar-refractivity contribution in [2.24, 2.45) is 0 Å². The van der Waals surface area contributed by atoms with E-state index >= 15 is 0 Å². The highest BCUT2D eigenvalue weighted by Crippen LogP contribution is 2.30. The Hall–Kier alpha value is -1.10. The van der Waals surface area contributed by atoms with Gasteiger partial charge in [-0.1, -0.05) is 32.4 Å². The number of ether oxygens (including phenoxy) is 3. The molecule has 0 radical (unpaired) electrons. The zero-order valence-corrected chi connectivity index (χ0v) is 17.1. The van der Waals surface area contributed by atoms with Crippen molar-refractivity contribution < 1.29 is 14.2 Å². The van der Waals surface area contributed by atoms with Crippen molar-refractivity contribution in [3.63, 3.8) is 0 Å². The molecular weight excluding hydrogens is 326 g/mol. The second-order valence-electron chi connectivity index (χ2n) is 7.34. The van der Waals surface area contributed by atoms with Crippen molar-refractivity contribution in [1.82, 2.24) is 4.90 Å². The monoisotopic (exact) mass is 363 g/mol. The maximum absolute atomic E-state index is 5.91. The molecule has 26 heavy (non-hydrogen) atoms. The quantitative estimate of drug-likeness (QED) is 0.505. The number of hydrogen-bond donors (Lipinski definition) is 0. The summed E-state index contributed by atoms with van der Waals surface area (Å²) >= 11 is 0. The highest BCUT2D eigenvalue weighted by Gasteiger charge is 2.34. The van der Waals surface area contributed by atoms with Gasteiger partial charge in [0, 0.05) is 18.9 Å². The summed E-state index contributed by atoms with van der Waals surface area (Å²) in [7, 11) is 1.71. The van der Waals surface area contributed by atoms with E-state index in [-0.39, 0.29) is 5.79 Å². The van der Waals surface area contributed by atoms with E-state index in [4.69, 9.17) is 14.2 Å². The Morgan fingerprint density at radius 2 is 1.77 bits per heavy atom. The maximum atomic E-state index is 5.91. The van der Waals surface area contributed by atoms with Gasteiger partial charge in [0.05, 0.1) is 20.3 Å². The molecule has 1 fully saturated rings. The third kappa shape index (κ3) is 6.26. The maximum Gasteiger partial charge on any atom is 0.168 e. The molecule has 1 aromatic rings. The predicted octanol–water partition coefficient (Wildman–Crippen LogP) is 4.66. The van der Waals surface area contributed by atoms with Crippen LogP contribution in [0.2, 0.25) is 0 Å². The molecule has 4 heteroatoms. The summed E-state index contributed by atoms with van der Waals surface area (Å²) in [5.41, 5.74) is 1.37. The van der Waals surface area contributed by atoms with Crippen LogP contribution in [0, 0.1) is 0 Å². The van der Waals surface area contributed by atoms with Crippen LogP contribution < -0.4 is 4.74 Å². The van der Waals surface area contributed by atoms with Gasteiger partial charge in [0.1, 0.15) is 5.75 Å². The van der Waals surface area contributed by atoms with Crippen molar-refractivity contribution in [3.05, 3.63) is 29.8 Å². The summed E-state index contributed by atoms with van der Waals surface area (Å²) in [6.45, 7) is 10.5. The van der Waals surface area contributed by atoms with Crippen LogP contribution in [-0.4, -0.2) is 50.1 Å². The summed E-state index contributed by atoms with van der Waals surface area (Å²) in [5, 5.41) is 0. The van der Waals surface area contributed by atoms with Crippen LogP contribution in [0.25, 0.3) is 0 Å². The molecule has 0 saturated carbocycles. The van der Waals surface area contributed by atoms with Crippen LogP contribution in [-0.2, 0) is 15.9 Å². The molecular formula is C22H37NO3. The number of likely N-dealkylation sites (N-methyl/N-ethyl adjacent to an activating group) is 1. The minimum atomic E-state index is -0.291. The number of nitrogens with zero attached hydrogens (tertiary/aromatic N) is 1. The lowest BCUT2D eigenvalue weighted by atomic mass is 10.0. The first-order valence-electron chi connectivity index (χ1n) is 10.3. The summed E-state index contributed by atoms with van der Waals surface area (Å²) in [5.74, 6) is 0.631. The third-order valence-corrected chi connectivity index (χ3v) is 5.42. The molecule has 0 spiro atoms. The fraction of sp³-hybridized carbons (Fsp3) is 0.727. The molecule has 1 atom stereocenters. The number of unbranched alkanes of at least 4 members (excludes halogenated alkanes) is 1. The van der Waals surface area contributed by atoms with E-state index in [0.29, 0.717) is 6.04 Å². The van der Waals surface area contributed by atoms with E-state index in [1.54, 1.807) is 7.11 Å². The molecule has 0 amide bonds. The molecule has 0 bridgehead atoms. The van der Waals surface area contributed by atoms with Crippen LogP contribution in [0.1, 0.15) is 58.4 Å². The summed E-state index contributed by atoms with van der Waals surface area (Å²) in [6, 6.07) is 8.98. The number of benzene rings is 1. The standard InChI is InChI=1S/C22H37NO3/c1-5-13-22(25-16-17-26-22)14-7-8-15-23(6-2)19(3)18-20-9-11-21(24-4)12-10-20/h9-12,19H,5-8,13-18H2,1-4H3. The largest absolute Gasteiger partial charge is 0.497 e. The van der Waals surface area contributed by atoms with E-state index in [1.165, 1.54) is 12.0 Å². The van der Waals surface area contributed by atoms with Crippen LogP contribution >= 0.6 is 0 Å². The van der Waals surface area contributed by atoms with Gasteiger partial charge in [-0.3, -0.25) is 0 Å². The molecule has 1 saturated heterocycles. The lowest BCUT2D eigenvalue weighted by Crippen LogP contribution is -2.36. The van der Waals surface area contributed by atoms with Gasteiger partial charge in [-0.2, -0.15) is 0 Å². The highest BCUT2D eigenvalue weighted by atomic mass is 16.7. The van der Waals surface area contributed by atoms with Crippen molar-refractivity contribution in [2.45, 2.75) is 71.1 Å². The number of hydrogen-bond acceptors (Lipinski definition) is 4. The van der Waals surface area contributed by atoms with E-state index < -0.39 is 0 Å². The highest BCUT2D eigenvalue weighted by molar-refractivity contribution is 5.27. The fourth-order valence-electron chi connectivity index (χ4n) is 3.92. The van der Waals surface area contributed by atoms with Gasteiger partial charge in [-0.25, -0.2) is 0 Å². The lowest BCUT2D eigenvalue weighted by Gasteiger charge is -2.30. The van der Waals surface area contributed by atoms with E-state index in [2.05, 4.69) is 37.8 Å². The first kappa shape index (κ1) is 21.2. The van der Waals surface area contributed by atoms with Crippen LogP contribution in [0.15, 0.2) is 24.3 Å². The molecule has 4 nitrogen and oxygen atoms in total. The molecule has 1 aliphatic heterocycles. The minimum Gasteiger partial charge on any atom is -0.497 e. The van der Waals surface area contributed by atoms with Gasteiger partial charge >= 0.3 is 0 Å². The normalized spacial score (nSPS) is 17.6. The summed E-state index contributed by atoms with van der Waals surface area (Å²) in [6.07, 6.45) is 6.57. The zero-order chi connectivity index (χ0) is 18.8. The topological polar surface area (TPSA) is 30.9 Å². The molecule has 1 unspecified atom stereocenters. The Bertz CT molecular complexity index is 497. The van der Waals surface area contributed by atoms with Crippen molar-refractivity contribution >= 4 is 0 Å². The van der Waals surface area contributed by atoms with E-state index in [0.717, 1.165) is 64.2 Å². The summed E-state index contributed by atoms with van der Waals surface area (Å²) < 4.78 is 17.1. The molecule has 1 aliphatic rings. The molecule has 1 heterocycles. The first-order valence-corrected chi connectivity index (χ1v) is 10.3. The van der Waals surface area contributed by atoms with Crippen molar-refractivity contribution in [3.8, 4) is 5.75 Å². The molecule has 2 rings (SSSR count). The Labute approximate surface area is 159 Å². The third-order valence-electron chi connectivity index (χ3n) is 5.42. The lowest BCUT2D eigenvalue weighted by molar-refractivity contribution is -0.168. The van der Waals surface area contributed by atoms with E-state index in [1.807, 2.05) is 12.1 Å². The molecule has 0 aromatic heterocycles. The molecule has 1 aromatic carbocycles. The smallest absolute Gasteiger partial charge is 0.168 e. The van der Waals surface area contributed by atoms with Gasteiger partial charge in [-0.05, 0) is 57.0 Å². The molecule has 0 aliphatic carbocycles. The Morgan fingerprint density at radius 1 is 1.08 bits per heavy atom. The molecule has 0 N–H and O–H groups in total. The SMILES string of the molecule is CCCC1(CCCCN(CC)C(C)Cc2ccc(OC)cc2)OCCO1. The Kier molecular flexibility index (Phi) is 8.89. The van der Waals surface area contributed by atoms with Crippen molar-refractivity contribution in [2.75, 3.05) is 33.4 Å². The first-order chi connectivity index (χ1) is 12.6. The van der Waals surface area contributed by atoms with Gasteiger partial charge < -0.3 is 19.1 Å². The van der Waals surface area contributed by atoms with Gasteiger partial charge in [0.25, 0.3) is 0 Å². The second kappa shape index (κ2) is 10.9. The fourth-order valence-corrected chi connectivity index (χ4v) is 3.92. The van der Waals surface area contributed by atoms with Crippen LogP contribution in [0.3, 0.4) is 0 Å². The average molecular weight is 364 g/mol. The van der Waals surface area contributed by atoms with Crippen molar-refractivity contribution in [1.29, 1.82) is 0 Å². The number of rotatable bonds is 12. The molecule has 148 valence electrons. The Morgan fingerprint density at radius 3 is 2.35 bits per heavy atom. The predicted molar refractivity (Wildman–Crippen MR) is 107 cm³/mol. The van der Waals surface area contributed by atoms with Crippen LogP contribution in [0.5, 0.6) is 5.75 Å². The second-order valence-corrected chi connectivity index (χ2v) is 7.34. The van der Waals surface area contributed by atoms with Gasteiger partial charge in [-0.15, -0.1) is 0 Å². The summed E-state index contributed by atoms with van der Waals surface area (Å²) in [4.78, 5) is 2.58. The van der Waals surface area contributed by atoms with Crippen LogP contribution in [0.4, 0.5) is 0 Å². The van der Waals surface area contributed by atoms with Gasteiger partial charge in [0.2, 0.25) is 0 Å². The average Bonchev–Trinajstić information content (AvgIpc) is 3.11. The number of methoxy groups -OCH3 is 1. The Balaban J connectivity index is 1.75. The van der Waals surface area contributed by atoms with Gasteiger partial charge in [0.15, 0.2) is 5.79 Å². The minimum absolute atomic E-state index is 0.291. The zero-order valence-electron chi connectivity index (χ0n) is 17.1.